The number of nitrogens with one attached hydrogen (secondary N) is 1. The molecule has 0 saturated carbocycles. The molecule has 0 fully saturated rings. The molecule has 5 nitrogen and oxygen atoms in total. The number of rotatable bonds is 0. The van der Waals surface area contributed by atoms with E-state index in [1.807, 2.05) is 0 Å². The minimum atomic E-state index is -0.748. The van der Waals surface area contributed by atoms with Gasteiger partial charge in [-0.3, -0.25) is 0 Å². The van der Waals surface area contributed by atoms with Gasteiger partial charge in [0.05, 0.1) is 0 Å². The van der Waals surface area contributed by atoms with E-state index >= 15 is 0 Å². The van der Waals surface area contributed by atoms with Crippen LogP contribution in [0.4, 0.5) is 4.79 Å². The third-order valence-electron chi connectivity index (χ3n) is 0.315. The second-order valence-electron chi connectivity index (χ2n) is 0.807. The highest BCUT2D eigenvalue weighted by Gasteiger charge is 1.97. The second kappa shape index (κ2) is 2.62. The van der Waals surface area contributed by atoms with Crippen LogP contribution in [0.5, 0.6) is 0 Å². The molecule has 0 saturated heterocycles. The second-order valence-corrected chi connectivity index (χ2v) is 0.996. The zero-order valence-electron chi connectivity index (χ0n) is 3.39. The van der Waals surface area contributed by atoms with Crippen molar-refractivity contribution >= 4 is 17.8 Å². The number of carbonyl (C=O) groups is 1. The molecule has 7 heavy (non-hydrogen) atoms. The van der Waals surface area contributed by atoms with E-state index in [1.54, 1.807) is 4.84 Å². The minimum Gasteiger partial charge on any atom is -0.248 e. The summed E-state index contributed by atoms with van der Waals surface area (Å²) in [4.78, 5) is 11.6. The lowest BCUT2D eigenvalue weighted by atomic mass is 11.1. The van der Waals surface area contributed by atoms with Crippen LogP contribution in [-0.2, 0) is 0 Å². The van der Waals surface area contributed by atoms with E-state index in [1.165, 1.54) is 0 Å². The predicted octanol–water partition coefficient (Wildman–Crippen LogP) is -1.10. The third-order valence-corrected chi connectivity index (χ3v) is 0.477. The van der Waals surface area contributed by atoms with Crippen LogP contribution in [0.2, 0.25) is 0 Å². The highest BCUT2D eigenvalue weighted by molar-refractivity contribution is 6.20. The lowest BCUT2D eigenvalue weighted by Gasteiger charge is -2.04. The molecule has 0 aromatic rings. The van der Waals surface area contributed by atoms with Gasteiger partial charge in [0.15, 0.2) is 0 Å². The highest BCUT2D eigenvalue weighted by Crippen LogP contribution is 1.68. The summed E-state index contributed by atoms with van der Waals surface area (Å²) in [7, 11) is 0. The van der Waals surface area contributed by atoms with Crippen LogP contribution in [0.1, 0.15) is 0 Å². The number of urea groups is 1. The average Bonchev–Trinajstić information content (AvgIpc) is 1.65. The summed E-state index contributed by atoms with van der Waals surface area (Å²) in [6.45, 7) is 0. The largest absolute Gasteiger partial charge is 0.360 e. The van der Waals surface area contributed by atoms with E-state index in [-0.39, 0.29) is 0 Å². The van der Waals surface area contributed by atoms with Gasteiger partial charge < -0.3 is 0 Å². The Hall–Kier alpha value is -0.520. The van der Waals surface area contributed by atoms with E-state index in [0.29, 0.717) is 5.12 Å². The molecule has 0 radical (unpaired) electrons. The summed E-state index contributed by atoms with van der Waals surface area (Å²) in [6, 6.07) is -0.748. The Bertz CT molecular complexity index is 72.1. The molecule has 42 valence electrons. The Labute approximate surface area is 45.2 Å². The van der Waals surface area contributed by atoms with Crippen LogP contribution in [0, 0.1) is 0 Å². The molecule has 0 unspecified atom stereocenters. The maximum Gasteiger partial charge on any atom is 0.360 e. The minimum absolute atomic E-state index is 0.340. The molecule has 0 bridgehead atoms. The number of hydrogen-bond acceptors (Lipinski definition) is 3. The van der Waals surface area contributed by atoms with E-state index in [9.17, 15) is 4.79 Å². The van der Waals surface area contributed by atoms with E-state index in [2.05, 4.69) is 11.7 Å². The lowest BCUT2D eigenvalue weighted by molar-refractivity contribution is 0.206. The monoisotopic (exact) mass is 124 g/mol. The fourth-order valence-electron chi connectivity index (χ4n) is 0.0488. The van der Waals surface area contributed by atoms with Crippen molar-refractivity contribution < 1.29 is 4.79 Å². The van der Waals surface area contributed by atoms with Gasteiger partial charge in [0.2, 0.25) is 0 Å². The maximum absolute atomic E-state index is 9.94. The van der Waals surface area contributed by atoms with Crippen molar-refractivity contribution in [3.05, 3.63) is 0 Å². The Morgan fingerprint density at radius 2 is 2.14 bits per heavy atom. The topological polar surface area (TPSA) is 84.4 Å². The molecular formula is CH5ClN4O. The van der Waals surface area contributed by atoms with E-state index < -0.39 is 6.03 Å². The van der Waals surface area contributed by atoms with Gasteiger partial charge in [0, 0.05) is 11.8 Å². The van der Waals surface area contributed by atoms with E-state index in [0.717, 1.165) is 0 Å². The van der Waals surface area contributed by atoms with Crippen molar-refractivity contribution in [3.63, 3.8) is 0 Å². The Morgan fingerprint density at radius 1 is 1.71 bits per heavy atom. The van der Waals surface area contributed by atoms with Gasteiger partial charge >= 0.3 is 6.03 Å². The quantitative estimate of drug-likeness (QED) is 0.166. The standard InChI is InChI=1S/CH5ClN4O/c2-5-1(7)6(3)4/h3-4H2,(H,5,7). The summed E-state index contributed by atoms with van der Waals surface area (Å²) in [5.74, 6) is 9.32. The number of amides is 2. The molecule has 0 atom stereocenters. The van der Waals surface area contributed by atoms with Gasteiger partial charge in [-0.15, -0.1) is 0 Å². The summed E-state index contributed by atoms with van der Waals surface area (Å²) >= 11 is 4.75. The van der Waals surface area contributed by atoms with Crippen LogP contribution >= 0.6 is 11.8 Å². The van der Waals surface area contributed by atoms with Crippen molar-refractivity contribution in [2.24, 2.45) is 11.7 Å². The summed E-state index contributed by atoms with van der Waals surface area (Å²) in [5.41, 5.74) is 0. The number of nitrogens with zero attached hydrogens (tertiary/aromatic N) is 1. The molecule has 2 amide bonds. The first-order chi connectivity index (χ1) is 3.18. The van der Waals surface area contributed by atoms with E-state index in [4.69, 9.17) is 11.8 Å². The Kier molecular flexibility index (Phi) is 2.42. The van der Waals surface area contributed by atoms with Crippen LogP contribution in [0.3, 0.4) is 0 Å². The van der Waals surface area contributed by atoms with Gasteiger partial charge in [-0.05, 0) is 0 Å². The predicted molar refractivity (Wildman–Crippen MR) is 24.6 cm³/mol. The molecule has 0 spiro atoms. The summed E-state index contributed by atoms with van der Waals surface area (Å²) in [5, 5.41) is 0.340. The van der Waals surface area contributed by atoms with Crippen molar-refractivity contribution in [1.29, 1.82) is 0 Å². The fraction of sp³-hybridized carbons (Fsp3) is 0. The van der Waals surface area contributed by atoms with Gasteiger partial charge in [0.25, 0.3) is 0 Å². The maximum atomic E-state index is 9.94. The molecule has 0 aliphatic rings. The molecule has 6 heteroatoms. The summed E-state index contributed by atoms with van der Waals surface area (Å²) < 4.78 is 0. The molecular weight excluding hydrogens is 119 g/mol. The van der Waals surface area contributed by atoms with Crippen LogP contribution in [0.15, 0.2) is 0 Å². The first kappa shape index (κ1) is 6.48. The van der Waals surface area contributed by atoms with Crippen molar-refractivity contribution in [3.8, 4) is 0 Å². The van der Waals surface area contributed by atoms with Crippen LogP contribution in [0.25, 0.3) is 0 Å². The highest BCUT2D eigenvalue weighted by atomic mass is 35.5. The Balaban J connectivity index is 3.35. The lowest BCUT2D eigenvalue weighted by Crippen LogP contribution is -2.46. The average molecular weight is 125 g/mol. The molecule has 0 aliphatic carbocycles. The number of halogens is 1. The third kappa shape index (κ3) is 2.21. The van der Waals surface area contributed by atoms with Crippen molar-refractivity contribution in [1.82, 2.24) is 9.95 Å². The number of nitrogens with two attached hydrogens (primary N) is 2. The smallest absolute Gasteiger partial charge is 0.248 e. The molecule has 0 heterocycles. The van der Waals surface area contributed by atoms with Crippen molar-refractivity contribution in [2.45, 2.75) is 0 Å². The zero-order chi connectivity index (χ0) is 5.86. The normalized spacial score (nSPS) is 7.86. The molecule has 0 aromatic carbocycles. The summed E-state index contributed by atoms with van der Waals surface area (Å²) in [6.07, 6.45) is 0. The molecule has 0 aromatic heterocycles. The van der Waals surface area contributed by atoms with Gasteiger partial charge in [-0.2, -0.15) is 5.12 Å². The number of carbonyl (C=O) groups excluding carboxylic acids is 1. The SMILES string of the molecule is NN(N)C(=O)NCl. The van der Waals surface area contributed by atoms with Crippen LogP contribution < -0.4 is 16.5 Å². The first-order valence-corrected chi connectivity index (χ1v) is 1.76. The van der Waals surface area contributed by atoms with Gasteiger partial charge in [0.1, 0.15) is 0 Å². The fourth-order valence-corrected chi connectivity index (χ4v) is 0.146. The van der Waals surface area contributed by atoms with Crippen LogP contribution in [-0.4, -0.2) is 11.1 Å². The number of hydrogen-bond donors (Lipinski definition) is 3. The zero-order valence-corrected chi connectivity index (χ0v) is 4.14. The number of hydrazine groups is 2. The molecule has 0 rings (SSSR count). The first-order valence-electron chi connectivity index (χ1n) is 1.38. The van der Waals surface area contributed by atoms with Crippen molar-refractivity contribution in [2.75, 3.05) is 0 Å². The Morgan fingerprint density at radius 3 is 2.14 bits per heavy atom. The van der Waals surface area contributed by atoms with Gasteiger partial charge in [-0.1, -0.05) is 0 Å². The van der Waals surface area contributed by atoms with Gasteiger partial charge in [-0.25, -0.2) is 21.3 Å². The molecule has 0 aliphatic heterocycles. The molecule has 5 N–H and O–H groups in total.